The molecule has 3 aromatic heterocycles. The van der Waals surface area contributed by atoms with Crippen LogP contribution in [0.4, 0.5) is 4.39 Å². The molecule has 1 aromatic carbocycles. The van der Waals surface area contributed by atoms with Gasteiger partial charge < -0.3 is 4.42 Å². The summed E-state index contributed by atoms with van der Waals surface area (Å²) in [6.07, 6.45) is 6.12. The third-order valence-electron chi connectivity index (χ3n) is 5.31. The summed E-state index contributed by atoms with van der Waals surface area (Å²) in [4.78, 5) is 6.98. The molecule has 0 amide bonds. The molecule has 1 atom stereocenters. The highest BCUT2D eigenvalue weighted by Crippen LogP contribution is 2.36. The number of furan rings is 1. The monoisotopic (exact) mass is 408 g/mol. The van der Waals surface area contributed by atoms with Gasteiger partial charge >= 0.3 is 0 Å². The van der Waals surface area contributed by atoms with E-state index in [1.807, 2.05) is 42.9 Å². The van der Waals surface area contributed by atoms with Crippen molar-refractivity contribution in [3.05, 3.63) is 76.3 Å². The molecule has 0 radical (unpaired) electrons. The van der Waals surface area contributed by atoms with Crippen molar-refractivity contribution in [3.8, 4) is 17.1 Å². The molecule has 5 nitrogen and oxygen atoms in total. The zero-order chi connectivity index (χ0) is 19.8. The molecular weight excluding hydrogens is 387 g/mol. The van der Waals surface area contributed by atoms with Crippen LogP contribution in [-0.4, -0.2) is 26.2 Å². The molecule has 5 rings (SSSR count). The van der Waals surface area contributed by atoms with Crippen molar-refractivity contribution in [2.45, 2.75) is 32.4 Å². The van der Waals surface area contributed by atoms with Crippen LogP contribution in [0.1, 0.15) is 35.2 Å². The predicted octanol–water partition coefficient (Wildman–Crippen LogP) is 5.37. The fourth-order valence-electron chi connectivity index (χ4n) is 3.96. The van der Waals surface area contributed by atoms with E-state index in [2.05, 4.69) is 9.88 Å². The Kier molecular flexibility index (Phi) is 4.77. The van der Waals surface area contributed by atoms with Crippen molar-refractivity contribution in [1.29, 1.82) is 0 Å². The van der Waals surface area contributed by atoms with Gasteiger partial charge in [-0.2, -0.15) is 5.10 Å². The summed E-state index contributed by atoms with van der Waals surface area (Å²) in [7, 11) is 0. The maximum atomic E-state index is 13.7. The fourth-order valence-corrected chi connectivity index (χ4v) is 4.77. The van der Waals surface area contributed by atoms with Gasteiger partial charge in [-0.1, -0.05) is 6.07 Å². The van der Waals surface area contributed by atoms with E-state index in [4.69, 9.17) is 9.52 Å². The van der Waals surface area contributed by atoms with Gasteiger partial charge in [0.15, 0.2) is 5.76 Å². The fraction of sp³-hybridized carbons (Fsp3) is 0.273. The first kappa shape index (κ1) is 18.3. The van der Waals surface area contributed by atoms with Crippen LogP contribution in [-0.2, 0) is 6.54 Å². The van der Waals surface area contributed by atoms with E-state index in [0.29, 0.717) is 11.7 Å². The minimum Gasteiger partial charge on any atom is -0.460 e. The van der Waals surface area contributed by atoms with Gasteiger partial charge in [0.2, 0.25) is 0 Å². The maximum absolute atomic E-state index is 13.7. The highest BCUT2D eigenvalue weighted by Gasteiger charge is 2.29. The number of hydrogen-bond acceptors (Lipinski definition) is 5. The standard InChI is InChI=1S/C22H21FN4OS/c1-15-7-8-20(28-15)21-16(14-27(25-21)18-5-2-4-17(23)12-18)13-26-10-3-6-19(26)22-24-9-11-29-22/h2,4-5,7-9,11-12,14,19H,3,6,10,13H2,1H3. The van der Waals surface area contributed by atoms with Gasteiger partial charge in [-0.3, -0.25) is 4.90 Å². The molecular formula is C22H21FN4OS. The molecule has 1 aliphatic heterocycles. The van der Waals surface area contributed by atoms with Crippen molar-refractivity contribution >= 4 is 11.3 Å². The molecule has 0 bridgehead atoms. The number of aryl methyl sites for hydroxylation is 1. The predicted molar refractivity (Wildman–Crippen MR) is 110 cm³/mol. The Morgan fingerprint density at radius 3 is 2.97 bits per heavy atom. The topological polar surface area (TPSA) is 47.1 Å². The van der Waals surface area contributed by atoms with Crippen LogP contribution in [0.5, 0.6) is 0 Å². The molecule has 1 saturated heterocycles. The Morgan fingerprint density at radius 2 is 2.21 bits per heavy atom. The van der Waals surface area contributed by atoms with Crippen LogP contribution < -0.4 is 0 Å². The lowest BCUT2D eigenvalue weighted by atomic mass is 10.1. The van der Waals surface area contributed by atoms with Crippen LogP contribution in [0.2, 0.25) is 0 Å². The largest absolute Gasteiger partial charge is 0.460 e. The Morgan fingerprint density at radius 1 is 1.28 bits per heavy atom. The van der Waals surface area contributed by atoms with Crippen LogP contribution in [0.3, 0.4) is 0 Å². The Labute approximate surface area is 172 Å². The minimum atomic E-state index is -0.279. The van der Waals surface area contributed by atoms with Crippen LogP contribution in [0.15, 0.2) is 58.6 Å². The van der Waals surface area contributed by atoms with E-state index in [-0.39, 0.29) is 5.82 Å². The normalized spacial score (nSPS) is 17.2. The first-order valence-corrected chi connectivity index (χ1v) is 10.6. The third kappa shape index (κ3) is 3.63. The number of hydrogen-bond donors (Lipinski definition) is 0. The van der Waals surface area contributed by atoms with Crippen molar-refractivity contribution in [3.63, 3.8) is 0 Å². The van der Waals surface area contributed by atoms with Crippen LogP contribution >= 0.6 is 11.3 Å². The van der Waals surface area contributed by atoms with Gasteiger partial charge in [-0.15, -0.1) is 11.3 Å². The molecule has 1 fully saturated rings. The summed E-state index contributed by atoms with van der Waals surface area (Å²) in [6, 6.07) is 10.7. The van der Waals surface area contributed by atoms with Crippen molar-refractivity contribution in [2.24, 2.45) is 0 Å². The lowest BCUT2D eigenvalue weighted by Gasteiger charge is -2.22. The van der Waals surface area contributed by atoms with E-state index in [1.165, 1.54) is 12.1 Å². The van der Waals surface area contributed by atoms with E-state index >= 15 is 0 Å². The Balaban J connectivity index is 1.52. The summed E-state index contributed by atoms with van der Waals surface area (Å²) in [6.45, 7) is 3.69. The molecule has 0 saturated carbocycles. The smallest absolute Gasteiger partial charge is 0.154 e. The van der Waals surface area contributed by atoms with Crippen molar-refractivity contribution < 1.29 is 8.81 Å². The van der Waals surface area contributed by atoms with E-state index in [0.717, 1.165) is 53.7 Å². The third-order valence-corrected chi connectivity index (χ3v) is 6.19. The second kappa shape index (κ2) is 7.57. The molecule has 0 spiro atoms. The quantitative estimate of drug-likeness (QED) is 0.445. The lowest BCUT2D eigenvalue weighted by molar-refractivity contribution is 0.248. The summed E-state index contributed by atoms with van der Waals surface area (Å²) >= 11 is 1.71. The number of halogens is 1. The molecule has 1 unspecified atom stereocenters. The molecule has 29 heavy (non-hydrogen) atoms. The van der Waals surface area contributed by atoms with Gasteiger partial charge in [0.05, 0.1) is 11.7 Å². The summed E-state index contributed by atoms with van der Waals surface area (Å²) < 4.78 is 21.4. The second-order valence-corrected chi connectivity index (χ2v) is 8.26. The zero-order valence-corrected chi connectivity index (χ0v) is 16.9. The second-order valence-electron chi connectivity index (χ2n) is 7.34. The van der Waals surface area contributed by atoms with Gasteiger partial charge in [0.1, 0.15) is 22.3 Å². The van der Waals surface area contributed by atoms with Crippen LogP contribution in [0.25, 0.3) is 17.1 Å². The van der Waals surface area contributed by atoms with E-state index in [1.54, 1.807) is 22.1 Å². The summed E-state index contributed by atoms with van der Waals surface area (Å²) in [5, 5.41) is 7.95. The molecule has 148 valence electrons. The van der Waals surface area contributed by atoms with Gasteiger partial charge in [0.25, 0.3) is 0 Å². The number of rotatable bonds is 5. The molecule has 0 N–H and O–H groups in total. The highest BCUT2D eigenvalue weighted by molar-refractivity contribution is 7.09. The molecule has 7 heteroatoms. The molecule has 4 heterocycles. The molecule has 1 aliphatic rings. The highest BCUT2D eigenvalue weighted by atomic mass is 32.1. The zero-order valence-electron chi connectivity index (χ0n) is 16.1. The average molecular weight is 409 g/mol. The average Bonchev–Trinajstić information content (AvgIpc) is 3.49. The minimum absolute atomic E-state index is 0.279. The summed E-state index contributed by atoms with van der Waals surface area (Å²) in [5.74, 6) is 1.30. The first-order valence-electron chi connectivity index (χ1n) is 9.72. The number of benzene rings is 1. The van der Waals surface area contributed by atoms with Gasteiger partial charge in [-0.25, -0.2) is 14.1 Å². The summed E-state index contributed by atoms with van der Waals surface area (Å²) in [5.41, 5.74) is 2.55. The van der Waals surface area contributed by atoms with E-state index < -0.39 is 0 Å². The van der Waals surface area contributed by atoms with Gasteiger partial charge in [-0.05, 0) is 56.6 Å². The SMILES string of the molecule is Cc1ccc(-c2nn(-c3cccc(F)c3)cc2CN2CCCC2c2nccs2)o1. The van der Waals surface area contributed by atoms with Crippen molar-refractivity contribution in [2.75, 3.05) is 6.54 Å². The first-order chi connectivity index (χ1) is 14.2. The lowest BCUT2D eigenvalue weighted by Crippen LogP contribution is -2.22. The van der Waals surface area contributed by atoms with Crippen LogP contribution in [0, 0.1) is 12.7 Å². The van der Waals surface area contributed by atoms with Gasteiger partial charge in [0, 0.05) is 29.9 Å². The molecule has 4 aromatic rings. The number of thiazole rings is 1. The van der Waals surface area contributed by atoms with E-state index in [9.17, 15) is 4.39 Å². The molecule has 0 aliphatic carbocycles. The number of nitrogens with zero attached hydrogens (tertiary/aromatic N) is 4. The number of aromatic nitrogens is 3. The number of likely N-dealkylation sites (tertiary alicyclic amines) is 1. The Bertz CT molecular complexity index is 1120. The Hall–Kier alpha value is -2.77. The van der Waals surface area contributed by atoms with Crippen molar-refractivity contribution in [1.82, 2.24) is 19.7 Å². The maximum Gasteiger partial charge on any atom is 0.154 e.